The zero-order valence-corrected chi connectivity index (χ0v) is 18.7. The molecule has 0 bridgehead atoms. The van der Waals surface area contributed by atoms with Gasteiger partial charge in [-0.2, -0.15) is 0 Å². The van der Waals surface area contributed by atoms with Gasteiger partial charge in [-0.3, -0.25) is 0 Å². The Morgan fingerprint density at radius 3 is 1.38 bits per heavy atom. The molecule has 0 amide bonds. The molecular weight excluding hydrogens is 307 g/mol. The van der Waals surface area contributed by atoms with E-state index >= 15 is 0 Å². The summed E-state index contributed by atoms with van der Waals surface area (Å²) in [6.07, 6.45) is 24.9. The van der Waals surface area contributed by atoms with Crippen LogP contribution in [-0.4, -0.2) is 24.6 Å². The van der Waals surface area contributed by atoms with E-state index in [1.165, 1.54) is 95.2 Å². The second-order valence-corrected chi connectivity index (χ2v) is 13.3. The molecule has 0 nitrogen and oxygen atoms in total. The third-order valence-corrected chi connectivity index (χ3v) is 11.2. The Hall–Kier alpha value is 0.170. The van der Waals surface area contributed by atoms with Crippen LogP contribution < -0.4 is 0 Å². The zero-order chi connectivity index (χ0) is 18.1. The quantitative estimate of drug-likeness (QED) is 0.131. The van der Waals surface area contributed by atoms with Crippen molar-refractivity contribution >= 4 is 7.26 Å². The first kappa shape index (κ1) is 24.2. The summed E-state index contributed by atoms with van der Waals surface area (Å²) in [7, 11) is -1.09. The van der Waals surface area contributed by atoms with E-state index in [-0.39, 0.29) is 0 Å². The van der Waals surface area contributed by atoms with Crippen molar-refractivity contribution in [3.8, 4) is 0 Å². The van der Waals surface area contributed by atoms with E-state index in [4.69, 9.17) is 0 Å². The van der Waals surface area contributed by atoms with Crippen LogP contribution in [0.1, 0.15) is 111 Å². The molecule has 0 atom stereocenters. The predicted octanol–water partition coefficient (Wildman–Crippen LogP) is 8.44. The van der Waals surface area contributed by atoms with Gasteiger partial charge in [0, 0.05) is 0 Å². The molecule has 0 heterocycles. The second-order valence-electron chi connectivity index (χ2n) is 8.42. The first-order chi connectivity index (χ1) is 11.6. The van der Waals surface area contributed by atoms with E-state index in [0.717, 1.165) is 0 Å². The van der Waals surface area contributed by atoms with Gasteiger partial charge in [0.05, 0.1) is 0 Å². The van der Waals surface area contributed by atoms with E-state index in [1.807, 2.05) is 0 Å². The van der Waals surface area contributed by atoms with Gasteiger partial charge in [-0.1, -0.05) is 0 Å². The number of unbranched alkanes of at least 4 members (excludes halogenated alkanes) is 10. The van der Waals surface area contributed by atoms with Gasteiger partial charge in [0.25, 0.3) is 0 Å². The minimum absolute atomic E-state index is 1.09. The van der Waals surface area contributed by atoms with Gasteiger partial charge in [-0.25, -0.2) is 0 Å². The van der Waals surface area contributed by atoms with E-state index in [0.29, 0.717) is 0 Å². The Morgan fingerprint density at radius 1 is 0.583 bits per heavy atom. The van der Waals surface area contributed by atoms with Crippen LogP contribution in [-0.2, 0) is 0 Å². The minimum atomic E-state index is -1.09. The van der Waals surface area contributed by atoms with Crippen LogP contribution in [0.4, 0.5) is 0 Å². The molecule has 0 unspecified atom stereocenters. The molecule has 24 heavy (non-hydrogen) atoms. The zero-order valence-electron chi connectivity index (χ0n) is 17.7. The topological polar surface area (TPSA) is 0 Å². The standard InChI is InChI=1S/C23H49P/c1-6-9-12-13-14-15-16-17-18-21-24(19-10-7-2,20-11-8-3)22-23(4)5/h24H,4,6-22H2,1-3,5H3. The molecule has 1 heteroatoms. The predicted molar refractivity (Wildman–Crippen MR) is 120 cm³/mol. The number of allylic oxidation sites excluding steroid dienone is 1. The summed E-state index contributed by atoms with van der Waals surface area (Å²) in [5.74, 6) is 0. The summed E-state index contributed by atoms with van der Waals surface area (Å²) in [5, 5.41) is 0. The van der Waals surface area contributed by atoms with Gasteiger partial charge in [-0.05, 0) is 0 Å². The second kappa shape index (κ2) is 16.6. The summed E-state index contributed by atoms with van der Waals surface area (Å²) in [6, 6.07) is 0. The fourth-order valence-corrected chi connectivity index (χ4v) is 9.96. The van der Waals surface area contributed by atoms with Gasteiger partial charge in [0.15, 0.2) is 0 Å². The van der Waals surface area contributed by atoms with Crippen molar-refractivity contribution in [3.05, 3.63) is 12.2 Å². The van der Waals surface area contributed by atoms with E-state index in [9.17, 15) is 0 Å². The fraction of sp³-hybridized carbons (Fsp3) is 0.913. The van der Waals surface area contributed by atoms with Crippen molar-refractivity contribution in [2.24, 2.45) is 0 Å². The molecule has 0 aliphatic heterocycles. The number of rotatable bonds is 18. The van der Waals surface area contributed by atoms with Crippen molar-refractivity contribution in [1.82, 2.24) is 0 Å². The summed E-state index contributed by atoms with van der Waals surface area (Å²) >= 11 is 0. The Morgan fingerprint density at radius 2 is 0.958 bits per heavy atom. The van der Waals surface area contributed by atoms with Crippen molar-refractivity contribution in [1.29, 1.82) is 0 Å². The van der Waals surface area contributed by atoms with Crippen LogP contribution >= 0.6 is 7.26 Å². The first-order valence-corrected chi connectivity index (χ1v) is 14.1. The summed E-state index contributed by atoms with van der Waals surface area (Å²) in [5.41, 5.74) is 1.46. The first-order valence-electron chi connectivity index (χ1n) is 11.2. The van der Waals surface area contributed by atoms with Crippen molar-refractivity contribution in [2.45, 2.75) is 111 Å². The average Bonchev–Trinajstić information content (AvgIpc) is 2.56. The molecule has 0 saturated carbocycles. The van der Waals surface area contributed by atoms with Crippen molar-refractivity contribution in [3.63, 3.8) is 0 Å². The molecule has 0 aromatic rings. The summed E-state index contributed by atoms with van der Waals surface area (Å²) in [6.45, 7) is 13.6. The molecule has 0 aliphatic carbocycles. The van der Waals surface area contributed by atoms with Gasteiger partial charge < -0.3 is 0 Å². The maximum atomic E-state index is 4.28. The average molecular weight is 357 g/mol. The van der Waals surface area contributed by atoms with Crippen LogP contribution in [0.15, 0.2) is 12.2 Å². The van der Waals surface area contributed by atoms with Gasteiger partial charge in [0.2, 0.25) is 0 Å². The van der Waals surface area contributed by atoms with Crippen LogP contribution in [0, 0.1) is 0 Å². The monoisotopic (exact) mass is 356 g/mol. The molecule has 0 aromatic carbocycles. The Balaban J connectivity index is 4.15. The van der Waals surface area contributed by atoms with Crippen molar-refractivity contribution in [2.75, 3.05) is 24.6 Å². The third-order valence-electron chi connectivity index (χ3n) is 5.61. The summed E-state index contributed by atoms with van der Waals surface area (Å²) in [4.78, 5) is 0. The number of hydrogen-bond donors (Lipinski definition) is 0. The molecule has 0 aromatic heterocycles. The van der Waals surface area contributed by atoms with E-state index in [2.05, 4.69) is 34.3 Å². The molecule has 0 N–H and O–H groups in total. The molecule has 0 rings (SSSR count). The van der Waals surface area contributed by atoms with Crippen LogP contribution in [0.2, 0.25) is 0 Å². The Kier molecular flexibility index (Phi) is 16.7. The summed E-state index contributed by atoms with van der Waals surface area (Å²) < 4.78 is 0. The van der Waals surface area contributed by atoms with Crippen LogP contribution in [0.3, 0.4) is 0 Å². The molecule has 0 fully saturated rings. The Bertz CT molecular complexity index is 274. The molecule has 0 radical (unpaired) electrons. The normalized spacial score (nSPS) is 12.5. The van der Waals surface area contributed by atoms with Gasteiger partial charge in [-0.15, -0.1) is 0 Å². The molecule has 146 valence electrons. The number of hydrogen-bond acceptors (Lipinski definition) is 0. The van der Waals surface area contributed by atoms with Crippen LogP contribution in [0.5, 0.6) is 0 Å². The molecule has 0 saturated heterocycles. The SMILES string of the molecule is C=C(C)C[PH](CCCC)(CCCC)CCCCCCCCCCC. The molecule has 0 spiro atoms. The molecule has 0 aliphatic rings. The maximum absolute atomic E-state index is 4.28. The van der Waals surface area contributed by atoms with Gasteiger partial charge >= 0.3 is 155 Å². The van der Waals surface area contributed by atoms with Crippen LogP contribution in [0.25, 0.3) is 0 Å². The van der Waals surface area contributed by atoms with E-state index < -0.39 is 7.26 Å². The van der Waals surface area contributed by atoms with Gasteiger partial charge in [0.1, 0.15) is 0 Å². The molecular formula is C23H49P. The van der Waals surface area contributed by atoms with E-state index in [1.54, 1.807) is 18.5 Å². The fourth-order valence-electron chi connectivity index (χ4n) is 4.19. The third kappa shape index (κ3) is 13.5. The van der Waals surface area contributed by atoms with Crippen molar-refractivity contribution < 1.29 is 0 Å². The Labute approximate surface area is 155 Å².